The number of nitrogens with zero attached hydrogens (tertiary/aromatic N) is 3. The minimum Gasteiger partial charge on any atom is -0.368 e. The molecule has 0 unspecified atom stereocenters. The molecule has 0 saturated carbocycles. The molecule has 0 fully saturated rings. The van der Waals surface area contributed by atoms with E-state index in [1.54, 1.807) is 11.3 Å². The molecule has 0 aliphatic carbocycles. The minimum absolute atomic E-state index is 0.365. The van der Waals surface area contributed by atoms with Gasteiger partial charge in [0.15, 0.2) is 0 Å². The first-order valence-corrected chi connectivity index (χ1v) is 6.76. The maximum absolute atomic E-state index is 5.78. The van der Waals surface area contributed by atoms with E-state index in [9.17, 15) is 0 Å². The van der Waals surface area contributed by atoms with Gasteiger partial charge >= 0.3 is 0 Å². The van der Waals surface area contributed by atoms with Crippen LogP contribution in [0.5, 0.6) is 0 Å². The van der Waals surface area contributed by atoms with Crippen molar-refractivity contribution in [2.75, 3.05) is 23.7 Å². The topological polar surface area (TPSA) is 55.0 Å². The fourth-order valence-electron chi connectivity index (χ4n) is 1.97. The van der Waals surface area contributed by atoms with Crippen molar-refractivity contribution in [3.05, 3.63) is 10.9 Å². The Balaban J connectivity index is 2.57. The van der Waals surface area contributed by atoms with Crippen LogP contribution in [0.4, 0.5) is 11.8 Å². The van der Waals surface area contributed by atoms with Gasteiger partial charge in [0.2, 0.25) is 5.95 Å². The Bertz CT molecular complexity index is 520. The van der Waals surface area contributed by atoms with Gasteiger partial charge in [-0.2, -0.15) is 4.98 Å². The number of anilines is 2. The van der Waals surface area contributed by atoms with Crippen molar-refractivity contribution in [1.29, 1.82) is 0 Å². The molecule has 0 aliphatic rings. The standard InChI is InChI=1S/C12H18N4S/c1-4-6-16(5-2)10-9-7-8(3)17-11(9)15-12(13)14-10/h7H,4-6H2,1-3H3,(H2,13,14,15). The third kappa shape index (κ3) is 2.34. The molecule has 0 spiro atoms. The second-order valence-electron chi connectivity index (χ2n) is 4.06. The molecule has 2 N–H and O–H groups in total. The zero-order valence-corrected chi connectivity index (χ0v) is 11.3. The summed E-state index contributed by atoms with van der Waals surface area (Å²) >= 11 is 1.67. The van der Waals surface area contributed by atoms with Gasteiger partial charge in [0.05, 0.1) is 5.39 Å². The highest BCUT2D eigenvalue weighted by Gasteiger charge is 2.13. The lowest BCUT2D eigenvalue weighted by Crippen LogP contribution is -2.25. The van der Waals surface area contributed by atoms with Crippen molar-refractivity contribution < 1.29 is 0 Å². The first-order valence-electron chi connectivity index (χ1n) is 5.94. The molecule has 0 bridgehead atoms. The van der Waals surface area contributed by atoms with Crippen LogP contribution in [0, 0.1) is 6.92 Å². The third-order valence-electron chi connectivity index (χ3n) is 2.69. The first kappa shape index (κ1) is 12.1. The van der Waals surface area contributed by atoms with E-state index in [0.29, 0.717) is 5.95 Å². The molecule has 2 rings (SSSR count). The number of hydrogen-bond acceptors (Lipinski definition) is 5. The first-order chi connectivity index (χ1) is 8.15. The Hall–Kier alpha value is -1.36. The fraction of sp³-hybridized carbons (Fsp3) is 0.500. The van der Waals surface area contributed by atoms with Gasteiger partial charge in [-0.25, -0.2) is 4.98 Å². The summed E-state index contributed by atoms with van der Waals surface area (Å²) in [5.41, 5.74) is 5.78. The Labute approximate surface area is 105 Å². The maximum Gasteiger partial charge on any atom is 0.223 e. The van der Waals surface area contributed by atoms with E-state index in [0.717, 1.165) is 35.5 Å². The van der Waals surface area contributed by atoms with Gasteiger partial charge < -0.3 is 10.6 Å². The summed E-state index contributed by atoms with van der Waals surface area (Å²) in [4.78, 5) is 13.2. The molecule has 17 heavy (non-hydrogen) atoms. The van der Waals surface area contributed by atoms with Crippen LogP contribution in [-0.2, 0) is 0 Å². The van der Waals surface area contributed by atoms with Gasteiger partial charge in [-0.05, 0) is 26.3 Å². The molecule has 0 radical (unpaired) electrons. The van der Waals surface area contributed by atoms with E-state index < -0.39 is 0 Å². The van der Waals surface area contributed by atoms with Gasteiger partial charge in [-0.3, -0.25) is 0 Å². The SMILES string of the molecule is CCCN(CC)c1nc(N)nc2sc(C)cc12. The summed E-state index contributed by atoms with van der Waals surface area (Å²) in [5, 5.41) is 1.12. The van der Waals surface area contributed by atoms with Crippen molar-refractivity contribution in [2.45, 2.75) is 27.2 Å². The summed E-state index contributed by atoms with van der Waals surface area (Å²) in [6.45, 7) is 8.33. The van der Waals surface area contributed by atoms with Crippen molar-refractivity contribution in [1.82, 2.24) is 9.97 Å². The zero-order chi connectivity index (χ0) is 12.4. The van der Waals surface area contributed by atoms with Gasteiger partial charge in [-0.1, -0.05) is 6.92 Å². The van der Waals surface area contributed by atoms with Crippen LogP contribution in [0.2, 0.25) is 0 Å². The van der Waals surface area contributed by atoms with Crippen LogP contribution in [-0.4, -0.2) is 23.1 Å². The van der Waals surface area contributed by atoms with E-state index in [-0.39, 0.29) is 0 Å². The quantitative estimate of drug-likeness (QED) is 0.906. The van der Waals surface area contributed by atoms with Crippen molar-refractivity contribution in [2.24, 2.45) is 0 Å². The second kappa shape index (κ2) is 4.87. The minimum atomic E-state index is 0.365. The van der Waals surface area contributed by atoms with Gasteiger partial charge in [0.1, 0.15) is 10.6 Å². The summed E-state index contributed by atoms with van der Waals surface area (Å²) in [5.74, 6) is 1.34. The lowest BCUT2D eigenvalue weighted by molar-refractivity contribution is 0.782. The average Bonchev–Trinajstić information content (AvgIpc) is 2.65. The van der Waals surface area contributed by atoms with Crippen molar-refractivity contribution in [3.8, 4) is 0 Å². The van der Waals surface area contributed by atoms with Crippen LogP contribution in [0.15, 0.2) is 6.07 Å². The highest BCUT2D eigenvalue weighted by molar-refractivity contribution is 7.18. The van der Waals surface area contributed by atoms with E-state index in [1.165, 1.54) is 4.88 Å². The number of aryl methyl sites for hydroxylation is 1. The lowest BCUT2D eigenvalue weighted by atomic mass is 10.3. The van der Waals surface area contributed by atoms with E-state index in [4.69, 9.17) is 5.73 Å². The van der Waals surface area contributed by atoms with Crippen LogP contribution < -0.4 is 10.6 Å². The van der Waals surface area contributed by atoms with E-state index in [2.05, 4.69) is 41.7 Å². The second-order valence-corrected chi connectivity index (χ2v) is 5.30. The summed E-state index contributed by atoms with van der Waals surface area (Å²) in [6.07, 6.45) is 1.10. The third-order valence-corrected chi connectivity index (χ3v) is 3.63. The average molecular weight is 250 g/mol. The molecule has 5 heteroatoms. The number of aromatic nitrogens is 2. The summed E-state index contributed by atoms with van der Waals surface area (Å²) < 4.78 is 0. The largest absolute Gasteiger partial charge is 0.368 e. The van der Waals surface area contributed by atoms with E-state index in [1.807, 2.05) is 0 Å². The van der Waals surface area contributed by atoms with Crippen LogP contribution in [0.3, 0.4) is 0 Å². The van der Waals surface area contributed by atoms with Crippen molar-refractivity contribution >= 4 is 33.3 Å². The van der Waals surface area contributed by atoms with Crippen LogP contribution in [0.1, 0.15) is 25.1 Å². The molecule has 2 aromatic heterocycles. The van der Waals surface area contributed by atoms with E-state index >= 15 is 0 Å². The molecule has 0 aliphatic heterocycles. The number of rotatable bonds is 4. The molecule has 0 saturated heterocycles. The molecule has 2 aromatic rings. The van der Waals surface area contributed by atoms with Gasteiger partial charge in [-0.15, -0.1) is 11.3 Å². The summed E-state index contributed by atoms with van der Waals surface area (Å²) in [7, 11) is 0. The molecule has 0 atom stereocenters. The van der Waals surface area contributed by atoms with Crippen LogP contribution >= 0.6 is 11.3 Å². The molecule has 0 aromatic carbocycles. The lowest BCUT2D eigenvalue weighted by Gasteiger charge is -2.21. The number of hydrogen-bond donors (Lipinski definition) is 1. The Morgan fingerprint density at radius 1 is 1.35 bits per heavy atom. The molecule has 0 amide bonds. The predicted octanol–water partition coefficient (Wildman–Crippen LogP) is 2.82. The number of thiophene rings is 1. The zero-order valence-electron chi connectivity index (χ0n) is 10.5. The highest BCUT2D eigenvalue weighted by Crippen LogP contribution is 2.31. The van der Waals surface area contributed by atoms with Crippen molar-refractivity contribution in [3.63, 3.8) is 0 Å². The number of nitrogens with two attached hydrogens (primary N) is 1. The molecular formula is C12H18N4S. The highest BCUT2D eigenvalue weighted by atomic mass is 32.1. The normalized spacial score (nSPS) is 11.0. The maximum atomic E-state index is 5.78. The Kier molecular flexibility index (Phi) is 3.47. The Morgan fingerprint density at radius 3 is 2.76 bits per heavy atom. The van der Waals surface area contributed by atoms with Crippen LogP contribution in [0.25, 0.3) is 10.2 Å². The Morgan fingerprint density at radius 2 is 2.12 bits per heavy atom. The van der Waals surface area contributed by atoms with Gasteiger partial charge in [0.25, 0.3) is 0 Å². The summed E-state index contributed by atoms with van der Waals surface area (Å²) in [6, 6.07) is 2.15. The number of nitrogen functional groups attached to an aromatic ring is 1. The number of fused-ring (bicyclic) bond motifs is 1. The molecular weight excluding hydrogens is 232 g/mol. The predicted molar refractivity (Wildman–Crippen MR) is 74.7 cm³/mol. The molecule has 2 heterocycles. The van der Waals surface area contributed by atoms with Gasteiger partial charge in [0, 0.05) is 18.0 Å². The smallest absolute Gasteiger partial charge is 0.223 e. The fourth-order valence-corrected chi connectivity index (χ4v) is 2.85. The molecule has 92 valence electrons. The molecule has 4 nitrogen and oxygen atoms in total. The monoisotopic (exact) mass is 250 g/mol.